The van der Waals surface area contributed by atoms with Gasteiger partial charge in [-0.15, -0.1) is 11.3 Å². The van der Waals surface area contributed by atoms with Crippen molar-refractivity contribution in [3.8, 4) is 0 Å². The number of rotatable bonds is 3. The Morgan fingerprint density at radius 2 is 2.00 bits per heavy atom. The van der Waals surface area contributed by atoms with Crippen LogP contribution in [0.1, 0.15) is 22.9 Å². The first-order valence-electron chi connectivity index (χ1n) is 5.51. The fourth-order valence-corrected chi connectivity index (χ4v) is 3.21. The molecule has 1 N–H and O–H groups in total. The Labute approximate surface area is 111 Å². The summed E-state index contributed by atoms with van der Waals surface area (Å²) in [6.07, 6.45) is 0.536. The molecule has 17 heavy (non-hydrogen) atoms. The summed E-state index contributed by atoms with van der Waals surface area (Å²) in [7, 11) is 0. The second-order valence-corrected chi connectivity index (χ2v) is 5.80. The van der Waals surface area contributed by atoms with Gasteiger partial charge in [-0.1, -0.05) is 29.8 Å². The van der Waals surface area contributed by atoms with Gasteiger partial charge in [0, 0.05) is 16.3 Å². The molecule has 2 aromatic rings. The maximum Gasteiger partial charge on any atom is 0.100 e. The minimum Gasteiger partial charge on any atom is -0.384 e. The molecule has 0 radical (unpaired) electrons. The molecule has 0 amide bonds. The average Bonchev–Trinajstić information content (AvgIpc) is 2.68. The van der Waals surface area contributed by atoms with Gasteiger partial charge < -0.3 is 5.11 Å². The lowest BCUT2D eigenvalue weighted by Gasteiger charge is -2.23. The number of hydrogen-bond donors (Lipinski definition) is 1. The first kappa shape index (κ1) is 12.6. The molecular weight excluding hydrogens is 252 g/mol. The number of halogens is 1. The number of aryl methyl sites for hydroxylation is 1. The molecule has 0 aliphatic carbocycles. The third-order valence-electron chi connectivity index (χ3n) is 2.84. The minimum absolute atomic E-state index is 0.536. The summed E-state index contributed by atoms with van der Waals surface area (Å²) in [6, 6.07) is 9.69. The highest BCUT2D eigenvalue weighted by molar-refractivity contribution is 7.10. The molecule has 0 bridgehead atoms. The highest BCUT2D eigenvalue weighted by Gasteiger charge is 2.27. The Kier molecular flexibility index (Phi) is 3.57. The summed E-state index contributed by atoms with van der Waals surface area (Å²) in [6.45, 7) is 3.86. The topological polar surface area (TPSA) is 20.2 Å². The molecule has 0 spiro atoms. The first-order chi connectivity index (χ1) is 8.00. The van der Waals surface area contributed by atoms with Crippen LogP contribution in [0.2, 0.25) is 5.02 Å². The molecule has 0 aliphatic heterocycles. The fraction of sp³-hybridized carbons (Fsp3) is 0.286. The summed E-state index contributed by atoms with van der Waals surface area (Å²) in [5.41, 5.74) is 1.25. The zero-order valence-electron chi connectivity index (χ0n) is 9.90. The van der Waals surface area contributed by atoms with Gasteiger partial charge in [-0.05, 0) is 42.5 Å². The molecule has 1 unspecified atom stereocenters. The van der Waals surface area contributed by atoms with Gasteiger partial charge in [0.25, 0.3) is 0 Å². The van der Waals surface area contributed by atoms with Crippen molar-refractivity contribution < 1.29 is 5.11 Å². The van der Waals surface area contributed by atoms with Gasteiger partial charge in [0.05, 0.1) is 0 Å². The highest BCUT2D eigenvalue weighted by Crippen LogP contribution is 2.33. The van der Waals surface area contributed by atoms with E-state index in [1.165, 1.54) is 0 Å². The Morgan fingerprint density at radius 3 is 2.59 bits per heavy atom. The van der Waals surface area contributed by atoms with Crippen LogP contribution in [0.3, 0.4) is 0 Å². The quantitative estimate of drug-likeness (QED) is 0.884. The van der Waals surface area contributed by atoms with E-state index in [9.17, 15) is 5.11 Å². The predicted molar refractivity (Wildman–Crippen MR) is 73.8 cm³/mol. The van der Waals surface area contributed by atoms with Gasteiger partial charge in [0.1, 0.15) is 5.60 Å². The van der Waals surface area contributed by atoms with Crippen molar-refractivity contribution in [1.29, 1.82) is 0 Å². The van der Waals surface area contributed by atoms with Crippen molar-refractivity contribution in [1.82, 2.24) is 0 Å². The van der Waals surface area contributed by atoms with Crippen molar-refractivity contribution in [2.45, 2.75) is 25.9 Å². The van der Waals surface area contributed by atoms with E-state index >= 15 is 0 Å². The molecular formula is C14H15ClOS. The van der Waals surface area contributed by atoms with E-state index in [1.807, 2.05) is 49.6 Å². The molecule has 0 fully saturated rings. The van der Waals surface area contributed by atoms with Gasteiger partial charge in [-0.25, -0.2) is 0 Å². The molecule has 2 rings (SSSR count). The summed E-state index contributed by atoms with van der Waals surface area (Å²) >= 11 is 7.71. The van der Waals surface area contributed by atoms with Crippen LogP contribution in [0.5, 0.6) is 0 Å². The Hall–Kier alpha value is -0.830. The van der Waals surface area contributed by atoms with Crippen molar-refractivity contribution in [3.05, 3.63) is 56.7 Å². The van der Waals surface area contributed by atoms with Crippen LogP contribution in [0.15, 0.2) is 35.7 Å². The molecule has 1 aromatic heterocycles. The summed E-state index contributed by atoms with van der Waals surface area (Å²) in [4.78, 5) is 1.01. The lowest BCUT2D eigenvalue weighted by atomic mass is 9.93. The standard InChI is InChI=1S/C14H15ClOS/c1-10-7-8-17-13(10)14(2,16)9-11-5-3-4-6-12(11)15/h3-8,16H,9H2,1-2H3. The number of benzene rings is 1. The maximum absolute atomic E-state index is 10.6. The van der Waals surface area contributed by atoms with E-state index in [1.54, 1.807) is 11.3 Å². The van der Waals surface area contributed by atoms with E-state index in [-0.39, 0.29) is 0 Å². The fourth-order valence-electron chi connectivity index (χ4n) is 2.02. The third-order valence-corrected chi connectivity index (χ3v) is 4.48. The average molecular weight is 267 g/mol. The van der Waals surface area contributed by atoms with Gasteiger partial charge in [0.2, 0.25) is 0 Å². The molecule has 1 nitrogen and oxygen atoms in total. The van der Waals surface area contributed by atoms with E-state index in [0.717, 1.165) is 16.0 Å². The molecule has 1 heterocycles. The van der Waals surface area contributed by atoms with Gasteiger partial charge in [-0.2, -0.15) is 0 Å². The smallest absolute Gasteiger partial charge is 0.100 e. The zero-order chi connectivity index (χ0) is 12.5. The second kappa shape index (κ2) is 4.81. The largest absolute Gasteiger partial charge is 0.384 e. The maximum atomic E-state index is 10.6. The number of thiophene rings is 1. The summed E-state index contributed by atoms with van der Waals surface area (Å²) in [5.74, 6) is 0. The van der Waals surface area contributed by atoms with E-state index < -0.39 is 5.60 Å². The Bertz CT molecular complexity index is 516. The Balaban J connectivity index is 2.30. The Morgan fingerprint density at radius 1 is 1.29 bits per heavy atom. The zero-order valence-corrected chi connectivity index (χ0v) is 11.5. The van der Waals surface area contributed by atoms with Crippen LogP contribution in [-0.4, -0.2) is 5.11 Å². The highest BCUT2D eigenvalue weighted by atomic mass is 35.5. The number of hydrogen-bond acceptors (Lipinski definition) is 2. The van der Waals surface area contributed by atoms with Crippen LogP contribution in [-0.2, 0) is 12.0 Å². The molecule has 1 aromatic carbocycles. The summed E-state index contributed by atoms with van der Waals surface area (Å²) < 4.78 is 0. The van der Waals surface area contributed by atoms with Crippen molar-refractivity contribution in [2.75, 3.05) is 0 Å². The molecule has 1 atom stereocenters. The van der Waals surface area contributed by atoms with E-state index in [2.05, 4.69) is 0 Å². The molecule has 0 saturated heterocycles. The molecule has 3 heteroatoms. The van der Waals surface area contributed by atoms with Gasteiger partial charge >= 0.3 is 0 Å². The second-order valence-electron chi connectivity index (χ2n) is 4.47. The normalized spacial score (nSPS) is 14.6. The van der Waals surface area contributed by atoms with E-state index in [4.69, 9.17) is 11.6 Å². The van der Waals surface area contributed by atoms with Gasteiger partial charge in [0.15, 0.2) is 0 Å². The van der Waals surface area contributed by atoms with Crippen molar-refractivity contribution in [3.63, 3.8) is 0 Å². The lowest BCUT2D eigenvalue weighted by Crippen LogP contribution is -2.24. The van der Waals surface area contributed by atoms with Crippen LogP contribution in [0.4, 0.5) is 0 Å². The number of aliphatic hydroxyl groups is 1. The third kappa shape index (κ3) is 2.71. The summed E-state index contributed by atoms with van der Waals surface area (Å²) in [5, 5.41) is 13.3. The van der Waals surface area contributed by atoms with Crippen LogP contribution < -0.4 is 0 Å². The van der Waals surface area contributed by atoms with Gasteiger partial charge in [-0.3, -0.25) is 0 Å². The van der Waals surface area contributed by atoms with Crippen LogP contribution in [0.25, 0.3) is 0 Å². The first-order valence-corrected chi connectivity index (χ1v) is 6.77. The van der Waals surface area contributed by atoms with E-state index in [0.29, 0.717) is 11.4 Å². The molecule has 90 valence electrons. The van der Waals surface area contributed by atoms with Crippen molar-refractivity contribution >= 4 is 22.9 Å². The van der Waals surface area contributed by atoms with Crippen LogP contribution in [0, 0.1) is 6.92 Å². The van der Waals surface area contributed by atoms with Crippen LogP contribution >= 0.6 is 22.9 Å². The van der Waals surface area contributed by atoms with Crippen molar-refractivity contribution in [2.24, 2.45) is 0 Å². The SMILES string of the molecule is Cc1ccsc1C(C)(O)Cc1ccccc1Cl. The predicted octanol–water partition coefficient (Wildman–Crippen LogP) is 4.16. The molecule has 0 aliphatic rings. The monoisotopic (exact) mass is 266 g/mol. The lowest BCUT2D eigenvalue weighted by molar-refractivity contribution is 0.0609. The minimum atomic E-state index is -0.858. The molecule has 0 saturated carbocycles.